The Morgan fingerprint density at radius 2 is 0.817 bits per heavy atom. The van der Waals surface area contributed by atoms with Crippen LogP contribution in [-0.4, -0.2) is 11.9 Å². The van der Waals surface area contributed by atoms with Gasteiger partial charge in [0, 0.05) is 29.7 Å². The van der Waals surface area contributed by atoms with Gasteiger partial charge in [0.25, 0.3) is 0 Å². The van der Waals surface area contributed by atoms with Crippen molar-refractivity contribution in [1.82, 2.24) is 0 Å². The maximum absolute atomic E-state index is 12.7. The lowest BCUT2D eigenvalue weighted by atomic mass is 10.1. The minimum Gasteiger partial charge on any atom is -0.423 e. The van der Waals surface area contributed by atoms with E-state index >= 15 is 0 Å². The van der Waals surface area contributed by atoms with Crippen LogP contribution in [0.15, 0.2) is 173 Å². The minimum atomic E-state index is -0.703. The molecule has 2 rings (SSSR count). The molecule has 0 N–H and O–H groups in total. The summed E-state index contributed by atoms with van der Waals surface area (Å²) in [6.45, 7) is 6.23. The Hall–Kier alpha value is -5.75. The molecular weight excluding hydrogens is 745 g/mol. The number of hydrogen-bond acceptors (Lipinski definition) is 6. The molecule has 0 aliphatic rings. The second-order valence-electron chi connectivity index (χ2n) is 14.4. The van der Waals surface area contributed by atoms with Gasteiger partial charge < -0.3 is 13.9 Å². The lowest BCUT2D eigenvalue weighted by molar-refractivity contribution is -0.131. The minimum absolute atomic E-state index is 0.00790. The standard InChI is InChI=1S/C54H68O6/c1-4-6-8-10-12-14-16-18-20-22-24-26-28-30-32-34-36-38-40-42-52(55)59-50-45-48-47(3)44-54(57)58-49(48)46-51(50)60-53(56)43-41-39-37-35-33-31-29-27-25-23-21-19-17-15-13-11-9-7-5-2/h20-46H,4-19H2,1-3H3. The highest BCUT2D eigenvalue weighted by atomic mass is 16.6. The van der Waals surface area contributed by atoms with Crippen molar-refractivity contribution in [1.29, 1.82) is 0 Å². The average Bonchev–Trinajstić information content (AvgIpc) is 3.23. The van der Waals surface area contributed by atoms with Gasteiger partial charge in [-0.05, 0) is 44.2 Å². The number of ether oxygens (including phenoxy) is 2. The summed E-state index contributed by atoms with van der Waals surface area (Å²) in [6.07, 6.45) is 65.2. The molecule has 1 aromatic carbocycles. The molecule has 0 saturated heterocycles. The Bertz CT molecular complexity index is 1950. The molecule has 0 amide bonds. The zero-order chi connectivity index (χ0) is 43.1. The first-order chi connectivity index (χ1) is 29.4. The summed E-state index contributed by atoms with van der Waals surface area (Å²) in [5.41, 5.74) is 0.273. The second kappa shape index (κ2) is 35.2. The number of aryl methyl sites for hydroxylation is 1. The molecule has 60 heavy (non-hydrogen) atoms. The first kappa shape index (κ1) is 50.4. The fraction of sp³-hybridized carbons (Fsp3) is 0.352. The molecule has 0 saturated carbocycles. The van der Waals surface area contributed by atoms with Crippen molar-refractivity contribution in [2.45, 2.75) is 124 Å². The Labute approximate surface area is 360 Å². The van der Waals surface area contributed by atoms with Crippen LogP contribution in [0.5, 0.6) is 11.5 Å². The SMILES string of the molecule is CCCCCCCCCC=CC=CC=CC=CC=CC=CC(=O)Oc1cc2oc(=O)cc(C)c2cc1OC(=O)C=CC=CC=CC=CC=CC=CCCCCCCCCC. The zero-order valence-corrected chi connectivity index (χ0v) is 36.4. The van der Waals surface area contributed by atoms with Crippen LogP contribution in [0.25, 0.3) is 11.0 Å². The van der Waals surface area contributed by atoms with Crippen LogP contribution in [0.3, 0.4) is 0 Å². The number of rotatable bonds is 30. The van der Waals surface area contributed by atoms with Crippen LogP contribution in [0.4, 0.5) is 0 Å². The molecular formula is C54H68O6. The molecule has 0 spiro atoms. The van der Waals surface area contributed by atoms with Crippen molar-refractivity contribution in [2.75, 3.05) is 0 Å². The van der Waals surface area contributed by atoms with E-state index in [-0.39, 0.29) is 17.1 Å². The maximum Gasteiger partial charge on any atom is 0.336 e. The van der Waals surface area contributed by atoms with Gasteiger partial charge in [-0.2, -0.15) is 0 Å². The van der Waals surface area contributed by atoms with Gasteiger partial charge in [0.05, 0.1) is 0 Å². The van der Waals surface area contributed by atoms with Gasteiger partial charge >= 0.3 is 17.6 Å². The van der Waals surface area contributed by atoms with Gasteiger partial charge in [0.2, 0.25) is 0 Å². The Morgan fingerprint density at radius 3 is 1.23 bits per heavy atom. The van der Waals surface area contributed by atoms with E-state index in [1.807, 2.05) is 72.9 Å². The van der Waals surface area contributed by atoms with Gasteiger partial charge in [0.1, 0.15) is 5.58 Å². The number of benzene rings is 1. The number of carbonyl (C=O) groups excluding carboxylic acids is 2. The number of hydrogen-bond donors (Lipinski definition) is 0. The fourth-order valence-electron chi connectivity index (χ4n) is 5.85. The summed E-state index contributed by atoms with van der Waals surface area (Å²) in [4.78, 5) is 37.5. The van der Waals surface area contributed by atoms with E-state index in [0.717, 1.165) is 12.8 Å². The molecule has 1 aromatic heterocycles. The number of fused-ring (bicyclic) bond motifs is 1. The topological polar surface area (TPSA) is 82.8 Å². The number of allylic oxidation sites excluding steroid dienone is 22. The van der Waals surface area contributed by atoms with E-state index in [4.69, 9.17) is 13.9 Å². The van der Waals surface area contributed by atoms with Crippen molar-refractivity contribution < 1.29 is 23.5 Å². The third-order valence-corrected chi connectivity index (χ3v) is 9.12. The van der Waals surface area contributed by atoms with E-state index in [1.54, 1.807) is 37.3 Å². The maximum atomic E-state index is 12.7. The molecule has 0 unspecified atom stereocenters. The summed E-state index contributed by atoms with van der Waals surface area (Å²) in [5, 5.41) is 0.540. The van der Waals surface area contributed by atoms with Gasteiger partial charge in [-0.1, -0.05) is 225 Å². The van der Waals surface area contributed by atoms with Crippen molar-refractivity contribution in [3.8, 4) is 11.5 Å². The summed E-state index contributed by atoms with van der Waals surface area (Å²) in [5.74, 6) is -1.44. The molecule has 0 radical (unpaired) electrons. The van der Waals surface area contributed by atoms with E-state index in [2.05, 4.69) is 38.2 Å². The summed E-state index contributed by atoms with van der Waals surface area (Å²) < 4.78 is 16.4. The second-order valence-corrected chi connectivity index (χ2v) is 14.4. The molecule has 6 heteroatoms. The molecule has 0 atom stereocenters. The van der Waals surface area contributed by atoms with Crippen LogP contribution in [-0.2, 0) is 9.59 Å². The van der Waals surface area contributed by atoms with E-state index in [1.165, 1.54) is 126 Å². The molecule has 1 heterocycles. The summed E-state index contributed by atoms with van der Waals surface area (Å²) in [6, 6.07) is 4.22. The first-order valence-corrected chi connectivity index (χ1v) is 22.0. The van der Waals surface area contributed by atoms with Gasteiger partial charge in [0.15, 0.2) is 11.5 Å². The van der Waals surface area contributed by atoms with E-state index in [0.29, 0.717) is 10.9 Å². The molecule has 6 nitrogen and oxygen atoms in total. The van der Waals surface area contributed by atoms with Crippen molar-refractivity contribution in [2.24, 2.45) is 0 Å². The van der Waals surface area contributed by atoms with Gasteiger partial charge in [-0.25, -0.2) is 14.4 Å². The Kier molecular flexibility index (Phi) is 29.6. The molecule has 320 valence electrons. The Balaban J connectivity index is 1.83. The Morgan fingerprint density at radius 1 is 0.467 bits per heavy atom. The lowest BCUT2D eigenvalue weighted by Gasteiger charge is -2.10. The van der Waals surface area contributed by atoms with E-state index in [9.17, 15) is 14.4 Å². The third kappa shape index (κ3) is 26.3. The van der Waals surface area contributed by atoms with Crippen LogP contribution < -0.4 is 15.1 Å². The monoisotopic (exact) mass is 813 g/mol. The molecule has 0 bridgehead atoms. The van der Waals surface area contributed by atoms with Crippen molar-refractivity contribution >= 4 is 22.9 Å². The highest BCUT2D eigenvalue weighted by Gasteiger charge is 2.16. The van der Waals surface area contributed by atoms with Gasteiger partial charge in [-0.3, -0.25) is 0 Å². The zero-order valence-electron chi connectivity index (χ0n) is 36.4. The van der Waals surface area contributed by atoms with Crippen molar-refractivity contribution in [3.05, 3.63) is 180 Å². The third-order valence-electron chi connectivity index (χ3n) is 9.12. The predicted molar refractivity (Wildman–Crippen MR) is 253 cm³/mol. The molecule has 0 fully saturated rings. The molecule has 0 aliphatic heterocycles. The largest absolute Gasteiger partial charge is 0.423 e. The first-order valence-electron chi connectivity index (χ1n) is 22.0. The highest BCUT2D eigenvalue weighted by Crippen LogP contribution is 2.34. The number of carbonyl (C=O) groups is 2. The normalized spacial score (nSPS) is 13.1. The molecule has 2 aromatic rings. The van der Waals surface area contributed by atoms with Crippen molar-refractivity contribution in [3.63, 3.8) is 0 Å². The van der Waals surface area contributed by atoms with E-state index < -0.39 is 17.6 Å². The predicted octanol–water partition coefficient (Wildman–Crippen LogP) is 14.9. The van der Waals surface area contributed by atoms with Crippen LogP contribution >= 0.6 is 0 Å². The number of unbranched alkanes of at least 4 members (excludes halogenated alkanes) is 14. The average molecular weight is 813 g/mol. The lowest BCUT2D eigenvalue weighted by Crippen LogP contribution is -2.09. The van der Waals surface area contributed by atoms with Crippen LogP contribution in [0, 0.1) is 6.92 Å². The van der Waals surface area contributed by atoms with Crippen LogP contribution in [0.1, 0.15) is 122 Å². The highest BCUT2D eigenvalue weighted by molar-refractivity contribution is 5.90. The fourth-order valence-corrected chi connectivity index (χ4v) is 5.85. The summed E-state index contributed by atoms with van der Waals surface area (Å²) in [7, 11) is 0. The molecule has 0 aliphatic carbocycles. The van der Waals surface area contributed by atoms with Gasteiger partial charge in [-0.15, -0.1) is 0 Å². The van der Waals surface area contributed by atoms with Crippen LogP contribution in [0.2, 0.25) is 0 Å². The smallest absolute Gasteiger partial charge is 0.336 e. The summed E-state index contributed by atoms with van der Waals surface area (Å²) >= 11 is 0. The quantitative estimate of drug-likeness (QED) is 0.0195. The number of esters is 2.